The number of pyridine rings is 1. The molecule has 4 aliphatic carbocycles. The van der Waals surface area contributed by atoms with Crippen LogP contribution in [0, 0.1) is 28.6 Å². The van der Waals surface area contributed by atoms with Crippen molar-refractivity contribution in [3.8, 4) is 5.75 Å². The number of rotatable bonds is 3. The highest BCUT2D eigenvalue weighted by Crippen LogP contribution is 2.65. The van der Waals surface area contributed by atoms with E-state index in [9.17, 15) is 0 Å². The summed E-state index contributed by atoms with van der Waals surface area (Å²) in [6, 6.07) is 12.5. The average Bonchev–Trinajstić information content (AvgIpc) is 3.45. The Bertz CT molecular complexity index is 1320. The molecule has 2 saturated carbocycles. The Kier molecular flexibility index (Phi) is 4.78. The number of nitrogens with zero attached hydrogens (tertiary/aromatic N) is 3. The summed E-state index contributed by atoms with van der Waals surface area (Å²) in [4.78, 5) is 8.84. The molecule has 0 radical (unpaired) electrons. The molecule has 4 nitrogen and oxygen atoms in total. The van der Waals surface area contributed by atoms with E-state index in [0.717, 1.165) is 41.9 Å². The van der Waals surface area contributed by atoms with Gasteiger partial charge in [0.2, 0.25) is 0 Å². The normalized spacial score (nSPS) is 36.1. The molecule has 7 rings (SSSR count). The van der Waals surface area contributed by atoms with Gasteiger partial charge in [-0.2, -0.15) is 0 Å². The molecule has 2 fully saturated rings. The van der Waals surface area contributed by atoms with Crippen molar-refractivity contribution in [3.05, 3.63) is 72.8 Å². The molecule has 0 N–H and O–H groups in total. The number of hydrogen-bond donors (Lipinski definition) is 0. The summed E-state index contributed by atoms with van der Waals surface area (Å²) in [5.74, 6) is 3.23. The van der Waals surface area contributed by atoms with Crippen molar-refractivity contribution in [1.82, 2.24) is 14.5 Å². The van der Waals surface area contributed by atoms with Crippen LogP contribution in [-0.4, -0.2) is 20.6 Å². The molecule has 0 bridgehead atoms. The number of allylic oxidation sites excluding steroid dienone is 3. The van der Waals surface area contributed by atoms with E-state index in [1.54, 1.807) is 5.57 Å². The predicted octanol–water partition coefficient (Wildman–Crippen LogP) is 7.29. The summed E-state index contributed by atoms with van der Waals surface area (Å²) in [6.07, 6.45) is 19.6. The maximum Gasteiger partial charge on any atom is 0.122 e. The average molecular weight is 466 g/mol. The third-order valence-electron chi connectivity index (χ3n) is 10.3. The summed E-state index contributed by atoms with van der Waals surface area (Å²) < 4.78 is 8.76. The molecule has 0 aliphatic heterocycles. The van der Waals surface area contributed by atoms with Crippen molar-refractivity contribution in [2.24, 2.45) is 28.6 Å². The van der Waals surface area contributed by atoms with Gasteiger partial charge in [0.25, 0.3) is 0 Å². The molecule has 180 valence electrons. The van der Waals surface area contributed by atoms with Crippen LogP contribution in [0.25, 0.3) is 16.7 Å². The van der Waals surface area contributed by atoms with Gasteiger partial charge >= 0.3 is 0 Å². The van der Waals surface area contributed by atoms with Crippen LogP contribution in [0.4, 0.5) is 0 Å². The quantitative estimate of drug-likeness (QED) is 0.381. The fourth-order valence-corrected chi connectivity index (χ4v) is 8.41. The van der Waals surface area contributed by atoms with Gasteiger partial charge in [0.15, 0.2) is 0 Å². The number of ether oxygens (including phenoxy) is 1. The topological polar surface area (TPSA) is 39.9 Å². The first kappa shape index (κ1) is 21.4. The molecule has 4 heteroatoms. The monoisotopic (exact) mass is 465 g/mol. The van der Waals surface area contributed by atoms with Crippen LogP contribution >= 0.6 is 0 Å². The third-order valence-corrected chi connectivity index (χ3v) is 10.3. The summed E-state index contributed by atoms with van der Waals surface area (Å²) in [6.45, 7) is 5.12. The summed E-state index contributed by atoms with van der Waals surface area (Å²) in [5.41, 5.74) is 6.05. The number of benzene rings is 1. The molecule has 35 heavy (non-hydrogen) atoms. The van der Waals surface area contributed by atoms with Gasteiger partial charge in [0, 0.05) is 29.9 Å². The van der Waals surface area contributed by atoms with Crippen LogP contribution in [-0.2, 0) is 0 Å². The standard InChI is InChI=1S/C31H35N3O/c1-30-15-11-23(35-22-13-17-32-18-14-22)19-21(30)7-8-24-25-9-10-29(31(25,2)16-12-26(24)30)34-20-33-27-5-3-4-6-28(27)34/h3-7,10,13-14,17-18,20,23-26H,8-9,11-12,15-16,19H2,1-2H3/t23?,24-,25-,26-,30-,31-/m0/s1. The molecule has 0 amide bonds. The molecule has 2 heterocycles. The number of para-hydroxylation sites is 2. The van der Waals surface area contributed by atoms with Gasteiger partial charge in [0.1, 0.15) is 18.2 Å². The first-order chi connectivity index (χ1) is 17.1. The Morgan fingerprint density at radius 1 is 0.914 bits per heavy atom. The Labute approximate surface area is 208 Å². The lowest BCUT2D eigenvalue weighted by atomic mass is 9.47. The number of aromatic nitrogens is 3. The molecule has 6 atom stereocenters. The van der Waals surface area contributed by atoms with E-state index in [0.29, 0.717) is 5.41 Å². The van der Waals surface area contributed by atoms with Gasteiger partial charge in [-0.25, -0.2) is 4.98 Å². The van der Waals surface area contributed by atoms with Crippen molar-refractivity contribution >= 4 is 16.7 Å². The fourth-order valence-electron chi connectivity index (χ4n) is 8.41. The molecular formula is C31H35N3O. The van der Waals surface area contributed by atoms with Gasteiger partial charge in [-0.15, -0.1) is 0 Å². The molecule has 0 spiro atoms. The second-order valence-electron chi connectivity index (χ2n) is 11.8. The Morgan fingerprint density at radius 2 is 1.74 bits per heavy atom. The molecule has 2 aromatic heterocycles. The molecule has 1 aromatic carbocycles. The van der Waals surface area contributed by atoms with Crippen LogP contribution in [0.15, 0.2) is 72.8 Å². The van der Waals surface area contributed by atoms with Gasteiger partial charge in [-0.3, -0.25) is 4.98 Å². The number of hydrogen-bond acceptors (Lipinski definition) is 3. The second kappa shape index (κ2) is 7.81. The summed E-state index contributed by atoms with van der Waals surface area (Å²) in [5, 5.41) is 0. The van der Waals surface area contributed by atoms with Crippen LogP contribution in [0.2, 0.25) is 0 Å². The van der Waals surface area contributed by atoms with Crippen molar-refractivity contribution in [2.75, 3.05) is 0 Å². The van der Waals surface area contributed by atoms with Crippen molar-refractivity contribution in [3.63, 3.8) is 0 Å². The lowest BCUT2D eigenvalue weighted by Gasteiger charge is -2.57. The first-order valence-corrected chi connectivity index (χ1v) is 13.5. The van der Waals surface area contributed by atoms with Crippen molar-refractivity contribution < 1.29 is 4.74 Å². The van der Waals surface area contributed by atoms with Crippen molar-refractivity contribution in [1.29, 1.82) is 0 Å². The van der Waals surface area contributed by atoms with E-state index in [1.807, 2.05) is 24.5 Å². The molecule has 0 saturated heterocycles. The lowest BCUT2D eigenvalue weighted by molar-refractivity contribution is -0.0222. The zero-order valence-corrected chi connectivity index (χ0v) is 20.9. The largest absolute Gasteiger partial charge is 0.490 e. The van der Waals surface area contributed by atoms with E-state index in [-0.39, 0.29) is 11.5 Å². The highest BCUT2D eigenvalue weighted by Gasteiger charge is 2.57. The summed E-state index contributed by atoms with van der Waals surface area (Å²) >= 11 is 0. The van der Waals surface area contributed by atoms with Crippen LogP contribution < -0.4 is 4.74 Å². The highest BCUT2D eigenvalue weighted by molar-refractivity contribution is 5.80. The Morgan fingerprint density at radius 3 is 2.63 bits per heavy atom. The molecular weight excluding hydrogens is 430 g/mol. The minimum absolute atomic E-state index is 0.230. The van der Waals surface area contributed by atoms with E-state index < -0.39 is 0 Å². The maximum atomic E-state index is 6.36. The number of fused-ring (bicyclic) bond motifs is 6. The van der Waals surface area contributed by atoms with E-state index in [1.165, 1.54) is 43.3 Å². The van der Waals surface area contributed by atoms with E-state index >= 15 is 0 Å². The zero-order chi connectivity index (χ0) is 23.6. The van der Waals surface area contributed by atoms with Crippen molar-refractivity contribution in [2.45, 2.75) is 64.9 Å². The van der Waals surface area contributed by atoms with Crippen LogP contribution in [0.1, 0.15) is 58.8 Å². The van der Waals surface area contributed by atoms with Gasteiger partial charge < -0.3 is 9.30 Å². The smallest absolute Gasteiger partial charge is 0.122 e. The Hall–Kier alpha value is -2.88. The first-order valence-electron chi connectivity index (χ1n) is 13.5. The predicted molar refractivity (Wildman–Crippen MR) is 140 cm³/mol. The molecule has 1 unspecified atom stereocenters. The van der Waals surface area contributed by atoms with Crippen LogP contribution in [0.5, 0.6) is 5.75 Å². The van der Waals surface area contributed by atoms with E-state index in [2.05, 4.69) is 66.1 Å². The highest BCUT2D eigenvalue weighted by atomic mass is 16.5. The fraction of sp³-hybridized carbons (Fsp3) is 0.484. The Balaban J connectivity index is 1.15. The summed E-state index contributed by atoms with van der Waals surface area (Å²) in [7, 11) is 0. The SMILES string of the molecule is C[C@]12CCC(Oc3ccncc3)CC1=CC[C@@H]1[C@@H]2CC[C@]2(C)C(n3cnc4ccccc43)=CC[C@@H]12. The minimum atomic E-state index is 0.230. The minimum Gasteiger partial charge on any atom is -0.490 e. The number of imidazole rings is 1. The van der Waals surface area contributed by atoms with Gasteiger partial charge in [0.05, 0.1) is 11.0 Å². The lowest BCUT2D eigenvalue weighted by Crippen LogP contribution is -2.50. The van der Waals surface area contributed by atoms with Gasteiger partial charge in [-0.1, -0.05) is 43.7 Å². The van der Waals surface area contributed by atoms with Crippen LogP contribution in [0.3, 0.4) is 0 Å². The molecule has 3 aromatic rings. The second-order valence-corrected chi connectivity index (χ2v) is 11.8. The van der Waals surface area contributed by atoms with E-state index in [4.69, 9.17) is 9.72 Å². The maximum absolute atomic E-state index is 6.36. The molecule has 4 aliphatic rings. The third kappa shape index (κ3) is 3.18. The van der Waals surface area contributed by atoms with Gasteiger partial charge in [-0.05, 0) is 86.0 Å². The zero-order valence-electron chi connectivity index (χ0n) is 20.9.